The van der Waals surface area contributed by atoms with Crippen molar-refractivity contribution in [3.8, 4) is 0 Å². The van der Waals surface area contributed by atoms with Crippen LogP contribution in [-0.2, 0) is 49.6 Å². The molecular formula is C43H73N13O12. The van der Waals surface area contributed by atoms with Gasteiger partial charge in [-0.25, -0.2) is 0 Å². The normalized spacial score (nSPS) is 24.9. The maximum atomic E-state index is 14.2. The highest BCUT2D eigenvalue weighted by atomic mass is 16.3. The number of aliphatic hydroxyl groups is 3. The third kappa shape index (κ3) is 19.0. The molecule has 0 unspecified atom stereocenters. The fourth-order valence-corrected chi connectivity index (χ4v) is 7.13. The molecule has 0 aromatic heterocycles. The second kappa shape index (κ2) is 29.8. The average molecular weight is 964 g/mol. The van der Waals surface area contributed by atoms with Crippen LogP contribution < -0.4 is 70.4 Å². The third-order valence-electron chi connectivity index (χ3n) is 10.8. The molecule has 2 rings (SSSR count). The number of carbonyl (C=O) groups excluding carboxylic acids is 9. The van der Waals surface area contributed by atoms with Gasteiger partial charge in [0.1, 0.15) is 54.4 Å². The number of amides is 9. The predicted octanol–water partition coefficient (Wildman–Crippen LogP) is -6.94. The van der Waals surface area contributed by atoms with Crippen LogP contribution in [0, 0.1) is 5.92 Å². The van der Waals surface area contributed by atoms with Crippen molar-refractivity contribution < 1.29 is 58.5 Å². The molecule has 1 aliphatic heterocycles. The summed E-state index contributed by atoms with van der Waals surface area (Å²) in [7, 11) is 1.38. The molecule has 1 saturated heterocycles. The Morgan fingerprint density at radius 2 is 1.13 bits per heavy atom. The minimum atomic E-state index is -1.66. The Hall–Kier alpha value is -5.83. The Labute approximate surface area is 395 Å². The van der Waals surface area contributed by atoms with E-state index >= 15 is 0 Å². The van der Waals surface area contributed by atoms with E-state index in [0.29, 0.717) is 5.56 Å². The summed E-state index contributed by atoms with van der Waals surface area (Å²) in [5, 5.41) is 55.9. The SMILES string of the molecule is CN[C@H](C(=O)N[C@@H](CO)C(=O)N[C@H]1CCNC(=O)[C@H]([C@@H](C)O)NC(=O)[C@H](CCN)NC(=O)[C@H](CCN)NC(=O)[C@H](CC(C)C)NC(=O)[C@@H](Cc2ccccc2)NC(=O)[C@H](CCN)NC1=O)[C@@H](C)O. The maximum absolute atomic E-state index is 14.2. The molecule has 1 aliphatic rings. The van der Waals surface area contributed by atoms with Gasteiger partial charge in [0, 0.05) is 13.0 Å². The van der Waals surface area contributed by atoms with E-state index in [4.69, 9.17) is 17.2 Å². The van der Waals surface area contributed by atoms with Gasteiger partial charge in [0.05, 0.1) is 18.8 Å². The molecule has 9 amide bonds. The van der Waals surface area contributed by atoms with E-state index in [9.17, 15) is 58.5 Å². The molecule has 0 saturated carbocycles. The Bertz CT molecular complexity index is 1840. The quantitative estimate of drug-likeness (QED) is 0.0650. The van der Waals surface area contributed by atoms with Crippen molar-refractivity contribution in [2.24, 2.45) is 23.1 Å². The van der Waals surface area contributed by atoms with Crippen LogP contribution in [0.1, 0.15) is 65.4 Å². The lowest BCUT2D eigenvalue weighted by atomic mass is 10.00. The van der Waals surface area contributed by atoms with Crippen LogP contribution in [0.4, 0.5) is 0 Å². The van der Waals surface area contributed by atoms with Crippen molar-refractivity contribution in [2.75, 3.05) is 39.8 Å². The molecule has 0 bridgehead atoms. The highest BCUT2D eigenvalue weighted by Gasteiger charge is 2.36. The number of carbonyl (C=O) groups is 9. The van der Waals surface area contributed by atoms with Crippen molar-refractivity contribution in [2.45, 2.75) is 133 Å². The van der Waals surface area contributed by atoms with Gasteiger partial charge < -0.3 is 85.7 Å². The van der Waals surface area contributed by atoms with Crippen molar-refractivity contribution in [1.29, 1.82) is 0 Å². The van der Waals surface area contributed by atoms with Crippen molar-refractivity contribution in [1.82, 2.24) is 53.2 Å². The molecule has 1 aromatic carbocycles. The van der Waals surface area contributed by atoms with Gasteiger partial charge in [-0.05, 0) is 84.1 Å². The largest absolute Gasteiger partial charge is 0.394 e. The molecule has 68 heavy (non-hydrogen) atoms. The number of hydrogen-bond donors (Lipinski definition) is 16. The van der Waals surface area contributed by atoms with E-state index in [2.05, 4.69) is 53.2 Å². The first-order chi connectivity index (χ1) is 32.2. The van der Waals surface area contributed by atoms with E-state index in [0.717, 1.165) is 0 Å². The molecule has 382 valence electrons. The predicted molar refractivity (Wildman–Crippen MR) is 247 cm³/mol. The zero-order valence-electron chi connectivity index (χ0n) is 39.3. The zero-order valence-corrected chi connectivity index (χ0v) is 39.3. The number of nitrogens with one attached hydrogen (secondary N) is 10. The minimum Gasteiger partial charge on any atom is -0.394 e. The number of aliphatic hydroxyl groups excluding tert-OH is 3. The highest BCUT2D eigenvalue weighted by Crippen LogP contribution is 2.11. The lowest BCUT2D eigenvalue weighted by Gasteiger charge is -2.28. The summed E-state index contributed by atoms with van der Waals surface area (Å²) in [6.07, 6.45) is -3.65. The first kappa shape index (κ1) is 58.3. The van der Waals surface area contributed by atoms with E-state index in [1.54, 1.807) is 44.2 Å². The van der Waals surface area contributed by atoms with Crippen LogP contribution in [0.25, 0.3) is 0 Å². The minimum absolute atomic E-state index is 0.0674. The van der Waals surface area contributed by atoms with Crippen molar-refractivity contribution in [3.05, 3.63) is 35.9 Å². The Morgan fingerprint density at radius 3 is 1.60 bits per heavy atom. The molecule has 11 atom stereocenters. The van der Waals surface area contributed by atoms with Gasteiger partial charge in [-0.3, -0.25) is 43.2 Å². The number of nitrogens with two attached hydrogens (primary N) is 3. The number of benzene rings is 1. The van der Waals surface area contributed by atoms with Crippen molar-refractivity contribution in [3.63, 3.8) is 0 Å². The van der Waals surface area contributed by atoms with E-state index in [-0.39, 0.29) is 57.7 Å². The second-order valence-corrected chi connectivity index (χ2v) is 17.0. The highest BCUT2D eigenvalue weighted by molar-refractivity contribution is 5.98. The van der Waals surface area contributed by atoms with Gasteiger partial charge in [-0.1, -0.05) is 44.2 Å². The molecule has 1 heterocycles. The number of rotatable bonds is 18. The smallest absolute Gasteiger partial charge is 0.245 e. The van der Waals surface area contributed by atoms with Gasteiger partial charge in [-0.2, -0.15) is 0 Å². The standard InChI is InChI=1S/C43H73N13O12/c1-22(2)19-30-39(64)51-26(11-15-44)35(60)50-28(13-17-46)38(63)56-34(24(4)59)42(67)48-18-14-29(52-41(66)32(21-57)55-43(68)33(47-5)23(3)58)37(62)49-27(12-16-45)36(61)54-31(40(65)53-30)20-25-9-7-6-8-10-25/h6-10,22-24,26-34,47,57-59H,11-21,44-46H2,1-5H3,(H,48,67)(H,49,62)(H,50,60)(H,51,64)(H,52,66)(H,53,65)(H,54,61)(H,55,68)(H,56,63)/t23-,24-,26+,27+,28+,29+,30+,31-,32+,33+,34+/m1/s1. The summed E-state index contributed by atoms with van der Waals surface area (Å²) in [4.78, 5) is 124. The first-order valence-corrected chi connectivity index (χ1v) is 22.7. The number of likely N-dealkylation sites (N-methyl/N-ethyl adjacent to an activating group) is 1. The fourth-order valence-electron chi connectivity index (χ4n) is 7.13. The molecule has 0 spiro atoms. The molecule has 0 radical (unpaired) electrons. The Balaban J connectivity index is 2.73. The molecule has 1 fully saturated rings. The summed E-state index contributed by atoms with van der Waals surface area (Å²) in [6, 6.07) is -4.35. The monoisotopic (exact) mass is 964 g/mol. The van der Waals surface area contributed by atoms with Crippen molar-refractivity contribution >= 4 is 53.2 Å². The fraction of sp³-hybridized carbons (Fsp3) is 0.651. The average Bonchev–Trinajstić information content (AvgIpc) is 3.28. The van der Waals surface area contributed by atoms with Crippen LogP contribution in [-0.4, -0.2) is 175 Å². The lowest BCUT2D eigenvalue weighted by molar-refractivity contribution is -0.136. The third-order valence-corrected chi connectivity index (χ3v) is 10.8. The zero-order chi connectivity index (χ0) is 51.1. The second-order valence-electron chi connectivity index (χ2n) is 17.0. The summed E-state index contributed by atoms with van der Waals surface area (Å²) in [6.45, 7) is 4.34. The van der Waals surface area contributed by atoms with E-state index in [1.807, 2.05) is 0 Å². The van der Waals surface area contributed by atoms with Gasteiger partial charge >= 0.3 is 0 Å². The Kier molecular flexibility index (Phi) is 25.6. The van der Waals surface area contributed by atoms with Gasteiger partial charge in [0.15, 0.2) is 0 Å². The molecule has 19 N–H and O–H groups in total. The van der Waals surface area contributed by atoms with Gasteiger partial charge in [0.2, 0.25) is 53.2 Å². The van der Waals surface area contributed by atoms with Crippen LogP contribution in [0.2, 0.25) is 0 Å². The summed E-state index contributed by atoms with van der Waals surface area (Å²) in [5.41, 5.74) is 18.1. The summed E-state index contributed by atoms with van der Waals surface area (Å²) >= 11 is 0. The summed E-state index contributed by atoms with van der Waals surface area (Å²) in [5.74, 6) is -8.37. The lowest BCUT2D eigenvalue weighted by Crippen LogP contribution is -2.61. The van der Waals surface area contributed by atoms with E-state index in [1.165, 1.54) is 20.9 Å². The van der Waals surface area contributed by atoms with Gasteiger partial charge in [0.25, 0.3) is 0 Å². The summed E-state index contributed by atoms with van der Waals surface area (Å²) < 4.78 is 0. The molecule has 1 aromatic rings. The Morgan fingerprint density at radius 1 is 0.662 bits per heavy atom. The number of hydrogen-bond acceptors (Lipinski definition) is 16. The molecular weight excluding hydrogens is 891 g/mol. The van der Waals surface area contributed by atoms with Gasteiger partial charge in [-0.15, -0.1) is 0 Å². The van der Waals surface area contributed by atoms with Crippen LogP contribution in [0.5, 0.6) is 0 Å². The van der Waals surface area contributed by atoms with Crippen LogP contribution >= 0.6 is 0 Å². The van der Waals surface area contributed by atoms with Crippen LogP contribution in [0.3, 0.4) is 0 Å². The van der Waals surface area contributed by atoms with E-state index < -0.39 is 139 Å². The maximum Gasteiger partial charge on any atom is 0.245 e. The molecule has 25 nitrogen and oxygen atoms in total. The van der Waals surface area contributed by atoms with Crippen LogP contribution in [0.15, 0.2) is 30.3 Å². The topological polar surface area (TPSA) is 413 Å². The first-order valence-electron chi connectivity index (χ1n) is 22.7. The molecule has 0 aliphatic carbocycles. The molecule has 25 heteroatoms.